The molecule has 6 aromatic carbocycles. The van der Waals surface area contributed by atoms with E-state index in [2.05, 4.69) is 126 Å². The van der Waals surface area contributed by atoms with Crippen LogP contribution in [0.25, 0.3) is 98.9 Å². The first-order valence-corrected chi connectivity index (χ1v) is 17.1. The zero-order valence-electron chi connectivity index (χ0n) is 28.3. The van der Waals surface area contributed by atoms with Gasteiger partial charge in [0.15, 0.2) is 0 Å². The number of aromatic nitrogens is 8. The van der Waals surface area contributed by atoms with E-state index in [0.29, 0.717) is 0 Å². The molecule has 0 aliphatic heterocycles. The molecule has 0 saturated carbocycles. The van der Waals surface area contributed by atoms with Gasteiger partial charge >= 0.3 is 19.5 Å². The summed E-state index contributed by atoms with van der Waals surface area (Å²) in [5.41, 5.74) is 12.4. The fraction of sp³-hybridized carbons (Fsp3) is 0. The molecule has 0 amide bonds. The van der Waals surface area contributed by atoms with E-state index in [4.69, 9.17) is 9.97 Å². The number of nitrogens with zero attached hydrogens (tertiary/aromatic N) is 8. The van der Waals surface area contributed by atoms with E-state index in [9.17, 15) is 0 Å². The fourth-order valence-corrected chi connectivity index (χ4v) is 7.88. The van der Waals surface area contributed by atoms with Gasteiger partial charge in [0.2, 0.25) is 0 Å². The second-order valence-corrected chi connectivity index (χ2v) is 12.8. The van der Waals surface area contributed by atoms with E-state index in [0.717, 1.165) is 98.9 Å². The molecule has 0 N–H and O–H groups in total. The Morgan fingerprint density at radius 1 is 0.377 bits per heavy atom. The molecule has 0 aliphatic rings. The molecule has 0 spiro atoms. The number of para-hydroxylation sites is 2. The first kappa shape index (κ1) is 31.1. The van der Waals surface area contributed by atoms with Gasteiger partial charge in [-0.1, -0.05) is 85.5 Å². The maximum absolute atomic E-state index is 4.73. The van der Waals surface area contributed by atoms with Crippen LogP contribution in [0.5, 0.6) is 0 Å². The van der Waals surface area contributed by atoms with Crippen molar-refractivity contribution in [2.24, 2.45) is 0 Å². The smallest absolute Gasteiger partial charge is 0.443 e. The second-order valence-electron chi connectivity index (χ2n) is 12.8. The SMILES string of the molecule is [Zn+2].c1ccc(-n2c3cccnc3c3c4c(ccc5nc[n-]c54)ccc32)cc1.c1ccc(-n2c3cccnc3c3c4c(ccc5nc[n-]c54)ccc32)cc1. The third kappa shape index (κ3) is 4.64. The van der Waals surface area contributed by atoms with Crippen LogP contribution < -0.4 is 9.97 Å². The predicted molar refractivity (Wildman–Crippen MR) is 209 cm³/mol. The van der Waals surface area contributed by atoms with E-state index in [1.165, 1.54) is 0 Å². The van der Waals surface area contributed by atoms with Crippen molar-refractivity contribution in [3.63, 3.8) is 0 Å². The maximum atomic E-state index is 4.73. The van der Waals surface area contributed by atoms with Gasteiger partial charge in [0.05, 0.1) is 33.1 Å². The number of pyridine rings is 2. The number of benzene rings is 6. The van der Waals surface area contributed by atoms with Crippen molar-refractivity contribution in [2.45, 2.75) is 0 Å². The summed E-state index contributed by atoms with van der Waals surface area (Å²) in [5, 5.41) is 6.82. The van der Waals surface area contributed by atoms with Crippen molar-refractivity contribution < 1.29 is 19.5 Å². The second kappa shape index (κ2) is 12.2. The molecule has 0 radical (unpaired) electrons. The first-order chi connectivity index (χ1) is 25.8. The van der Waals surface area contributed by atoms with Crippen molar-refractivity contribution >= 4 is 87.5 Å². The third-order valence-electron chi connectivity index (χ3n) is 10.0. The third-order valence-corrected chi connectivity index (χ3v) is 10.0. The zero-order valence-corrected chi connectivity index (χ0v) is 31.3. The van der Waals surface area contributed by atoms with Crippen molar-refractivity contribution in [3.05, 3.63) is 159 Å². The van der Waals surface area contributed by atoms with Crippen molar-refractivity contribution in [1.82, 2.24) is 39.0 Å². The normalized spacial score (nSPS) is 11.6. The monoisotopic (exact) mass is 730 g/mol. The summed E-state index contributed by atoms with van der Waals surface area (Å²) in [4.78, 5) is 27.3. The van der Waals surface area contributed by atoms with Crippen LogP contribution in [0.15, 0.2) is 159 Å². The summed E-state index contributed by atoms with van der Waals surface area (Å²) in [5.74, 6) is 0. The quantitative estimate of drug-likeness (QED) is 0.165. The molecule has 6 aromatic heterocycles. The molecule has 12 rings (SSSR count). The minimum atomic E-state index is 0. The largest absolute Gasteiger partial charge is 2.00 e. The molecule has 9 heteroatoms. The van der Waals surface area contributed by atoms with Gasteiger partial charge < -0.3 is 29.1 Å². The number of fused-ring (bicyclic) bond motifs is 14. The van der Waals surface area contributed by atoms with Crippen molar-refractivity contribution in [1.29, 1.82) is 0 Å². The van der Waals surface area contributed by atoms with Crippen LogP contribution in [-0.4, -0.2) is 29.1 Å². The maximum Gasteiger partial charge on any atom is 2.00 e. The molecule has 6 heterocycles. The standard InChI is InChI=1S/2C22H13N4.Zn/c2*1-2-5-15(6-3-1)26-17-11-9-14-8-10-16-21(25-13-24-16)19(14)20(17)22-18(26)7-4-12-23-22;/h2*1-13H;/q2*-1;+2. The van der Waals surface area contributed by atoms with E-state index >= 15 is 0 Å². The van der Waals surface area contributed by atoms with Crippen LogP contribution in [0.3, 0.4) is 0 Å². The van der Waals surface area contributed by atoms with Crippen molar-refractivity contribution in [2.75, 3.05) is 0 Å². The van der Waals surface area contributed by atoms with E-state index in [1.807, 2.05) is 48.8 Å². The average Bonchev–Trinajstić information content (AvgIpc) is 4.01. The zero-order chi connectivity index (χ0) is 34.2. The summed E-state index contributed by atoms with van der Waals surface area (Å²) in [6.45, 7) is 0. The first-order valence-electron chi connectivity index (χ1n) is 17.1. The van der Waals surface area contributed by atoms with Crippen LogP contribution in [0.2, 0.25) is 0 Å². The van der Waals surface area contributed by atoms with Crippen LogP contribution in [0.4, 0.5) is 0 Å². The summed E-state index contributed by atoms with van der Waals surface area (Å²) in [7, 11) is 0. The van der Waals surface area contributed by atoms with E-state index in [1.54, 1.807) is 12.7 Å². The van der Waals surface area contributed by atoms with Gasteiger partial charge in [0.1, 0.15) is 0 Å². The summed E-state index contributed by atoms with van der Waals surface area (Å²) in [6, 6.07) is 46.0. The van der Waals surface area contributed by atoms with Gasteiger partial charge in [-0.3, -0.25) is 9.97 Å². The van der Waals surface area contributed by atoms with Gasteiger partial charge in [-0.2, -0.15) is 0 Å². The average molecular weight is 732 g/mol. The van der Waals surface area contributed by atoms with E-state index < -0.39 is 0 Å². The number of hydrogen-bond acceptors (Lipinski definition) is 4. The minimum absolute atomic E-state index is 0. The Labute approximate surface area is 314 Å². The molecule has 0 fully saturated rings. The molecule has 0 aliphatic carbocycles. The van der Waals surface area contributed by atoms with Crippen molar-refractivity contribution in [3.8, 4) is 11.4 Å². The van der Waals surface area contributed by atoms with Crippen LogP contribution >= 0.6 is 0 Å². The minimum Gasteiger partial charge on any atom is -0.443 e. The molecule has 53 heavy (non-hydrogen) atoms. The Hall–Kier alpha value is -6.70. The molecule has 0 bridgehead atoms. The fourth-order valence-electron chi connectivity index (χ4n) is 7.88. The van der Waals surface area contributed by atoms with Gasteiger partial charge in [-0.25, -0.2) is 0 Å². The Morgan fingerprint density at radius 3 is 1.26 bits per heavy atom. The van der Waals surface area contributed by atoms with Gasteiger partial charge in [-0.15, -0.1) is 0 Å². The predicted octanol–water partition coefficient (Wildman–Crippen LogP) is 9.67. The molecule has 0 atom stereocenters. The molecule has 0 unspecified atom stereocenters. The topological polar surface area (TPSA) is 89.6 Å². The number of rotatable bonds is 2. The van der Waals surface area contributed by atoms with Crippen LogP contribution in [-0.2, 0) is 19.5 Å². The van der Waals surface area contributed by atoms with E-state index in [-0.39, 0.29) is 19.5 Å². The van der Waals surface area contributed by atoms with Gasteiger partial charge in [-0.05, 0) is 104 Å². The Balaban J connectivity index is 0.000000129. The number of hydrogen-bond donors (Lipinski definition) is 0. The summed E-state index contributed by atoms with van der Waals surface area (Å²) in [6.07, 6.45) is 6.97. The molecule has 0 saturated heterocycles. The molecular formula is C44H26N8Zn. The molecule has 12 aromatic rings. The summed E-state index contributed by atoms with van der Waals surface area (Å²) < 4.78 is 4.54. The van der Waals surface area contributed by atoms with Crippen LogP contribution in [0, 0.1) is 0 Å². The Bertz CT molecular complexity index is 3080. The molecular weight excluding hydrogens is 706 g/mol. The Kier molecular flexibility index (Phi) is 7.16. The molecule has 244 valence electrons. The number of imidazole rings is 2. The van der Waals surface area contributed by atoms with Gasteiger partial charge in [0.25, 0.3) is 0 Å². The molecule has 8 nitrogen and oxygen atoms in total. The summed E-state index contributed by atoms with van der Waals surface area (Å²) >= 11 is 0. The Morgan fingerprint density at radius 2 is 0.811 bits per heavy atom. The van der Waals surface area contributed by atoms with Gasteiger partial charge in [0, 0.05) is 34.5 Å². The van der Waals surface area contributed by atoms with Crippen LogP contribution in [0.1, 0.15) is 0 Å².